The van der Waals surface area contributed by atoms with Gasteiger partial charge in [0.15, 0.2) is 11.5 Å². The first-order valence-electron chi connectivity index (χ1n) is 4.96. The Balaban J connectivity index is 1.89. The van der Waals surface area contributed by atoms with Crippen molar-refractivity contribution in [1.29, 1.82) is 0 Å². The van der Waals surface area contributed by atoms with Crippen LogP contribution in [0, 0.1) is 0 Å². The third-order valence-corrected chi connectivity index (χ3v) is 2.26. The third-order valence-electron chi connectivity index (χ3n) is 2.26. The van der Waals surface area contributed by atoms with Gasteiger partial charge in [0.05, 0.1) is 6.20 Å². The van der Waals surface area contributed by atoms with Crippen molar-refractivity contribution in [1.82, 2.24) is 9.97 Å². The predicted molar refractivity (Wildman–Crippen MR) is 59.1 cm³/mol. The van der Waals surface area contributed by atoms with E-state index in [-0.39, 0.29) is 6.79 Å². The van der Waals surface area contributed by atoms with Crippen LogP contribution >= 0.6 is 0 Å². The molecule has 0 saturated carbocycles. The zero-order chi connectivity index (χ0) is 11.7. The van der Waals surface area contributed by atoms with Gasteiger partial charge in [-0.15, -0.1) is 0 Å². The number of ether oxygens (including phenoxy) is 3. The molecule has 2 aromatic rings. The number of hydrogen-bond donors (Lipinski definition) is 1. The normalized spacial score (nSPS) is 12.5. The lowest BCUT2D eigenvalue weighted by Gasteiger charge is -2.06. The van der Waals surface area contributed by atoms with E-state index < -0.39 is 0 Å². The molecule has 0 unspecified atom stereocenters. The summed E-state index contributed by atoms with van der Waals surface area (Å²) in [4.78, 5) is 7.72. The molecule has 1 aromatic heterocycles. The molecule has 0 saturated heterocycles. The number of benzene rings is 1. The van der Waals surface area contributed by atoms with Gasteiger partial charge in [0.25, 0.3) is 0 Å². The lowest BCUT2D eigenvalue weighted by Crippen LogP contribution is -1.95. The standard InChI is InChI=1S/C11H9N3O3/c12-8-4-13-5-14-11(8)17-7-1-2-9-10(3-7)16-6-15-9/h1-5H,6,12H2. The average Bonchev–Trinajstić information content (AvgIpc) is 2.79. The molecule has 2 N–H and O–H groups in total. The predicted octanol–water partition coefficient (Wildman–Crippen LogP) is 1.58. The topological polar surface area (TPSA) is 79.5 Å². The van der Waals surface area contributed by atoms with Gasteiger partial charge in [-0.2, -0.15) is 4.98 Å². The van der Waals surface area contributed by atoms with Gasteiger partial charge in [0.2, 0.25) is 12.7 Å². The van der Waals surface area contributed by atoms with E-state index in [0.717, 1.165) is 0 Å². The Hall–Kier alpha value is -2.50. The summed E-state index contributed by atoms with van der Waals surface area (Å²) in [6.45, 7) is 0.231. The Labute approximate surface area is 97.0 Å². The van der Waals surface area contributed by atoms with Crippen molar-refractivity contribution in [3.05, 3.63) is 30.7 Å². The summed E-state index contributed by atoms with van der Waals surface area (Å²) in [5.41, 5.74) is 6.06. The van der Waals surface area contributed by atoms with Gasteiger partial charge in [-0.25, -0.2) is 4.98 Å². The summed E-state index contributed by atoms with van der Waals surface area (Å²) in [5.74, 6) is 2.25. The molecule has 0 aliphatic carbocycles. The Morgan fingerprint density at radius 2 is 2.12 bits per heavy atom. The molecule has 0 amide bonds. The Morgan fingerprint density at radius 1 is 1.24 bits per heavy atom. The molecule has 0 bridgehead atoms. The second-order valence-corrected chi connectivity index (χ2v) is 3.40. The fourth-order valence-electron chi connectivity index (χ4n) is 1.47. The second kappa shape index (κ2) is 3.82. The van der Waals surface area contributed by atoms with Crippen molar-refractivity contribution in [2.24, 2.45) is 0 Å². The Kier molecular flexibility index (Phi) is 2.18. The highest BCUT2D eigenvalue weighted by molar-refractivity contribution is 5.50. The largest absolute Gasteiger partial charge is 0.454 e. The van der Waals surface area contributed by atoms with Crippen molar-refractivity contribution in [2.75, 3.05) is 12.5 Å². The molecule has 17 heavy (non-hydrogen) atoms. The summed E-state index contributed by atoms with van der Waals surface area (Å²) in [5, 5.41) is 0. The number of nitrogens with zero attached hydrogens (tertiary/aromatic N) is 2. The van der Waals surface area contributed by atoms with E-state index in [4.69, 9.17) is 19.9 Å². The molecule has 0 atom stereocenters. The number of aromatic nitrogens is 2. The highest BCUT2D eigenvalue weighted by Gasteiger charge is 2.14. The molecule has 3 rings (SSSR count). The zero-order valence-electron chi connectivity index (χ0n) is 8.79. The first-order chi connectivity index (χ1) is 8.33. The summed E-state index contributed by atoms with van der Waals surface area (Å²) in [6, 6.07) is 5.26. The molecular weight excluding hydrogens is 222 g/mol. The van der Waals surface area contributed by atoms with Crippen LogP contribution < -0.4 is 19.9 Å². The fraction of sp³-hybridized carbons (Fsp3) is 0.0909. The van der Waals surface area contributed by atoms with Crippen LogP contribution in [0.25, 0.3) is 0 Å². The third kappa shape index (κ3) is 1.80. The molecule has 0 spiro atoms. The number of nitrogen functional groups attached to an aromatic ring is 1. The van der Waals surface area contributed by atoms with Crippen LogP contribution in [-0.4, -0.2) is 16.8 Å². The second-order valence-electron chi connectivity index (χ2n) is 3.40. The van der Waals surface area contributed by atoms with E-state index in [1.165, 1.54) is 12.5 Å². The average molecular weight is 231 g/mol. The minimum atomic E-state index is 0.231. The molecular formula is C11H9N3O3. The van der Waals surface area contributed by atoms with E-state index in [1.54, 1.807) is 18.2 Å². The van der Waals surface area contributed by atoms with Gasteiger partial charge in [-0.05, 0) is 12.1 Å². The van der Waals surface area contributed by atoms with Crippen LogP contribution in [0.4, 0.5) is 5.69 Å². The fourth-order valence-corrected chi connectivity index (χ4v) is 1.47. The minimum Gasteiger partial charge on any atom is -0.454 e. The summed E-state index contributed by atoms with van der Waals surface area (Å²) in [7, 11) is 0. The molecule has 0 radical (unpaired) electrons. The molecule has 6 heteroatoms. The van der Waals surface area contributed by atoms with E-state index in [2.05, 4.69) is 9.97 Å². The number of nitrogens with two attached hydrogens (primary N) is 1. The van der Waals surface area contributed by atoms with E-state index in [1.807, 2.05) is 0 Å². The monoisotopic (exact) mass is 231 g/mol. The van der Waals surface area contributed by atoms with Crippen molar-refractivity contribution < 1.29 is 14.2 Å². The number of anilines is 1. The molecule has 1 aliphatic rings. The first kappa shape index (κ1) is 9.71. The maximum absolute atomic E-state index is 5.68. The molecule has 2 heterocycles. The van der Waals surface area contributed by atoms with Gasteiger partial charge < -0.3 is 19.9 Å². The smallest absolute Gasteiger partial charge is 0.245 e. The summed E-state index contributed by atoms with van der Waals surface area (Å²) in [6.07, 6.45) is 2.86. The first-order valence-corrected chi connectivity index (χ1v) is 4.96. The number of rotatable bonds is 2. The lowest BCUT2D eigenvalue weighted by atomic mass is 10.3. The molecule has 1 aliphatic heterocycles. The van der Waals surface area contributed by atoms with Gasteiger partial charge in [0.1, 0.15) is 17.8 Å². The van der Waals surface area contributed by atoms with Gasteiger partial charge in [-0.1, -0.05) is 0 Å². The van der Waals surface area contributed by atoms with E-state index >= 15 is 0 Å². The van der Waals surface area contributed by atoms with Gasteiger partial charge >= 0.3 is 0 Å². The maximum atomic E-state index is 5.68. The van der Waals surface area contributed by atoms with Crippen LogP contribution in [-0.2, 0) is 0 Å². The number of fused-ring (bicyclic) bond motifs is 1. The molecule has 86 valence electrons. The van der Waals surface area contributed by atoms with Crippen LogP contribution in [0.3, 0.4) is 0 Å². The van der Waals surface area contributed by atoms with Gasteiger partial charge in [0, 0.05) is 6.07 Å². The van der Waals surface area contributed by atoms with Gasteiger partial charge in [-0.3, -0.25) is 0 Å². The van der Waals surface area contributed by atoms with Crippen LogP contribution in [0.5, 0.6) is 23.1 Å². The number of hydrogen-bond acceptors (Lipinski definition) is 6. The minimum absolute atomic E-state index is 0.231. The maximum Gasteiger partial charge on any atom is 0.245 e. The quantitative estimate of drug-likeness (QED) is 0.845. The highest BCUT2D eigenvalue weighted by atomic mass is 16.7. The summed E-state index contributed by atoms with van der Waals surface area (Å²) < 4.78 is 16.0. The molecule has 6 nitrogen and oxygen atoms in total. The van der Waals surface area contributed by atoms with Crippen LogP contribution in [0.2, 0.25) is 0 Å². The SMILES string of the molecule is Nc1cncnc1Oc1ccc2c(c1)OCO2. The molecule has 0 fully saturated rings. The van der Waals surface area contributed by atoms with Crippen molar-refractivity contribution in [2.45, 2.75) is 0 Å². The zero-order valence-corrected chi connectivity index (χ0v) is 8.79. The van der Waals surface area contributed by atoms with Crippen molar-refractivity contribution in [3.8, 4) is 23.1 Å². The highest BCUT2D eigenvalue weighted by Crippen LogP contribution is 2.36. The molecule has 1 aromatic carbocycles. The van der Waals surface area contributed by atoms with Crippen LogP contribution in [0.15, 0.2) is 30.7 Å². The van der Waals surface area contributed by atoms with E-state index in [9.17, 15) is 0 Å². The Bertz CT molecular complexity index is 559. The van der Waals surface area contributed by atoms with E-state index in [0.29, 0.717) is 28.8 Å². The van der Waals surface area contributed by atoms with Crippen LogP contribution in [0.1, 0.15) is 0 Å². The Morgan fingerprint density at radius 3 is 3.00 bits per heavy atom. The lowest BCUT2D eigenvalue weighted by molar-refractivity contribution is 0.174. The summed E-state index contributed by atoms with van der Waals surface area (Å²) >= 11 is 0. The van der Waals surface area contributed by atoms with Crippen molar-refractivity contribution in [3.63, 3.8) is 0 Å². The van der Waals surface area contributed by atoms with Crippen molar-refractivity contribution >= 4 is 5.69 Å².